The van der Waals surface area contributed by atoms with Crippen LogP contribution < -0.4 is 11.1 Å². The van der Waals surface area contributed by atoms with Gasteiger partial charge in [0.2, 0.25) is 5.91 Å². The van der Waals surface area contributed by atoms with Crippen molar-refractivity contribution in [2.24, 2.45) is 5.73 Å². The number of rotatable bonds is 8. The van der Waals surface area contributed by atoms with E-state index in [-0.39, 0.29) is 5.91 Å². The lowest BCUT2D eigenvalue weighted by molar-refractivity contribution is -0.120. The van der Waals surface area contributed by atoms with Gasteiger partial charge in [-0.15, -0.1) is 0 Å². The number of hydrogen-bond acceptors (Lipinski definition) is 2. The van der Waals surface area contributed by atoms with Gasteiger partial charge in [-0.2, -0.15) is 0 Å². The molecule has 13 heavy (non-hydrogen) atoms. The fourth-order valence-corrected chi connectivity index (χ4v) is 1.15. The fraction of sp³-hybridized carbons (Fsp3) is 0.900. The van der Waals surface area contributed by atoms with E-state index in [1.165, 1.54) is 19.3 Å². The summed E-state index contributed by atoms with van der Waals surface area (Å²) in [6.07, 6.45) is 6.46. The summed E-state index contributed by atoms with van der Waals surface area (Å²) in [5.74, 6) is 0.155. The lowest BCUT2D eigenvalue weighted by atomic mass is 10.1. The molecule has 0 saturated carbocycles. The predicted octanol–water partition coefficient (Wildman–Crippen LogP) is 1.42. The molecule has 0 atom stereocenters. The summed E-state index contributed by atoms with van der Waals surface area (Å²) < 4.78 is 0. The molecule has 0 radical (unpaired) electrons. The van der Waals surface area contributed by atoms with Crippen LogP contribution in [0.15, 0.2) is 0 Å². The zero-order valence-electron chi connectivity index (χ0n) is 8.64. The summed E-state index contributed by atoms with van der Waals surface area (Å²) in [5, 5.41) is 2.86. The average Bonchev–Trinajstić information content (AvgIpc) is 2.16. The molecule has 0 aromatic carbocycles. The molecule has 0 unspecified atom stereocenters. The van der Waals surface area contributed by atoms with Crippen LogP contribution in [0.5, 0.6) is 0 Å². The van der Waals surface area contributed by atoms with E-state index in [4.69, 9.17) is 5.73 Å². The molecule has 0 fully saturated rings. The van der Waals surface area contributed by atoms with E-state index in [1.54, 1.807) is 0 Å². The van der Waals surface area contributed by atoms with Gasteiger partial charge < -0.3 is 11.1 Å². The molecular formula is C10H22N2O. The quantitative estimate of drug-likeness (QED) is 0.563. The highest BCUT2D eigenvalue weighted by atomic mass is 16.1. The highest BCUT2D eigenvalue weighted by Crippen LogP contribution is 2.00. The topological polar surface area (TPSA) is 55.1 Å². The van der Waals surface area contributed by atoms with Crippen LogP contribution in [0.1, 0.15) is 45.4 Å². The first kappa shape index (κ1) is 12.4. The van der Waals surface area contributed by atoms with E-state index in [1.807, 2.05) is 6.92 Å². The lowest BCUT2D eigenvalue weighted by Gasteiger charge is -2.02. The molecule has 0 rings (SSSR count). The van der Waals surface area contributed by atoms with Crippen LogP contribution in [-0.4, -0.2) is 19.0 Å². The standard InChI is InChI=1S/C10H22N2O/c1-2-10(13)12-9-7-5-3-4-6-8-11/h2-9,11H2,1H3,(H,12,13). The molecule has 0 aliphatic rings. The summed E-state index contributed by atoms with van der Waals surface area (Å²) >= 11 is 0. The SMILES string of the molecule is CCC(=O)NCCCCCCCN. The largest absolute Gasteiger partial charge is 0.356 e. The van der Waals surface area contributed by atoms with Gasteiger partial charge in [0.15, 0.2) is 0 Å². The maximum atomic E-state index is 10.8. The third kappa shape index (κ3) is 9.34. The van der Waals surface area contributed by atoms with Crippen molar-refractivity contribution >= 4 is 5.91 Å². The number of hydrogen-bond donors (Lipinski definition) is 2. The monoisotopic (exact) mass is 186 g/mol. The molecule has 0 saturated heterocycles. The van der Waals surface area contributed by atoms with E-state index < -0.39 is 0 Å². The van der Waals surface area contributed by atoms with Gasteiger partial charge in [0.05, 0.1) is 0 Å². The maximum Gasteiger partial charge on any atom is 0.219 e. The fourth-order valence-electron chi connectivity index (χ4n) is 1.15. The molecule has 3 nitrogen and oxygen atoms in total. The Kier molecular flexibility index (Phi) is 9.10. The van der Waals surface area contributed by atoms with Crippen molar-refractivity contribution < 1.29 is 4.79 Å². The second-order valence-electron chi connectivity index (χ2n) is 3.26. The number of unbranched alkanes of at least 4 members (excludes halogenated alkanes) is 4. The minimum absolute atomic E-state index is 0.155. The first-order valence-corrected chi connectivity index (χ1v) is 5.28. The Labute approximate surface area is 81.1 Å². The Morgan fingerprint density at radius 3 is 2.38 bits per heavy atom. The smallest absolute Gasteiger partial charge is 0.219 e. The van der Waals surface area contributed by atoms with Crippen LogP contribution in [-0.2, 0) is 4.79 Å². The molecule has 3 N–H and O–H groups in total. The molecule has 1 amide bonds. The van der Waals surface area contributed by atoms with E-state index in [0.29, 0.717) is 6.42 Å². The van der Waals surface area contributed by atoms with E-state index in [0.717, 1.165) is 25.9 Å². The first-order chi connectivity index (χ1) is 6.31. The van der Waals surface area contributed by atoms with E-state index in [9.17, 15) is 4.79 Å². The lowest BCUT2D eigenvalue weighted by Crippen LogP contribution is -2.23. The van der Waals surface area contributed by atoms with Crippen LogP contribution in [0.2, 0.25) is 0 Å². The van der Waals surface area contributed by atoms with E-state index >= 15 is 0 Å². The van der Waals surface area contributed by atoms with Crippen LogP contribution >= 0.6 is 0 Å². The Balaban J connectivity index is 2.95. The van der Waals surface area contributed by atoms with Gasteiger partial charge in [-0.25, -0.2) is 0 Å². The first-order valence-electron chi connectivity index (χ1n) is 5.28. The van der Waals surface area contributed by atoms with Crippen LogP contribution in [0, 0.1) is 0 Å². The normalized spacial score (nSPS) is 10.0. The summed E-state index contributed by atoms with van der Waals surface area (Å²) in [5.41, 5.74) is 5.37. The van der Waals surface area contributed by atoms with Gasteiger partial charge in [0.1, 0.15) is 0 Å². The third-order valence-electron chi connectivity index (χ3n) is 2.02. The van der Waals surface area contributed by atoms with E-state index in [2.05, 4.69) is 5.32 Å². The maximum absolute atomic E-state index is 10.8. The van der Waals surface area contributed by atoms with Crippen molar-refractivity contribution in [3.8, 4) is 0 Å². The molecule has 0 aromatic heterocycles. The van der Waals surface area contributed by atoms with Gasteiger partial charge >= 0.3 is 0 Å². The van der Waals surface area contributed by atoms with Crippen molar-refractivity contribution in [3.63, 3.8) is 0 Å². The highest BCUT2D eigenvalue weighted by Gasteiger charge is 1.94. The zero-order chi connectivity index (χ0) is 9.94. The Bertz CT molecular complexity index is 126. The number of amides is 1. The van der Waals surface area contributed by atoms with Crippen LogP contribution in [0.3, 0.4) is 0 Å². The second kappa shape index (κ2) is 9.52. The molecule has 0 heterocycles. The minimum atomic E-state index is 0.155. The highest BCUT2D eigenvalue weighted by molar-refractivity contribution is 5.75. The van der Waals surface area contributed by atoms with Crippen LogP contribution in [0.25, 0.3) is 0 Å². The number of nitrogens with one attached hydrogen (secondary N) is 1. The summed E-state index contributed by atoms with van der Waals surface area (Å²) in [4.78, 5) is 10.8. The molecule has 0 bridgehead atoms. The summed E-state index contributed by atoms with van der Waals surface area (Å²) in [6, 6.07) is 0. The molecule has 0 aliphatic carbocycles. The molecular weight excluding hydrogens is 164 g/mol. The molecule has 3 heteroatoms. The summed E-state index contributed by atoms with van der Waals surface area (Å²) in [7, 11) is 0. The summed E-state index contributed by atoms with van der Waals surface area (Å²) in [6.45, 7) is 3.50. The van der Waals surface area contributed by atoms with Gasteiger partial charge in [-0.1, -0.05) is 26.2 Å². The van der Waals surface area contributed by atoms with Crippen molar-refractivity contribution in [1.82, 2.24) is 5.32 Å². The number of carbonyl (C=O) groups is 1. The Morgan fingerprint density at radius 1 is 1.15 bits per heavy atom. The van der Waals surface area contributed by atoms with Crippen molar-refractivity contribution in [2.75, 3.05) is 13.1 Å². The van der Waals surface area contributed by atoms with Gasteiger partial charge in [-0.3, -0.25) is 4.79 Å². The van der Waals surface area contributed by atoms with Crippen LogP contribution in [0.4, 0.5) is 0 Å². The van der Waals surface area contributed by atoms with Gasteiger partial charge in [0.25, 0.3) is 0 Å². The van der Waals surface area contributed by atoms with Crippen molar-refractivity contribution in [3.05, 3.63) is 0 Å². The molecule has 78 valence electrons. The minimum Gasteiger partial charge on any atom is -0.356 e. The zero-order valence-corrected chi connectivity index (χ0v) is 8.64. The van der Waals surface area contributed by atoms with Gasteiger partial charge in [0, 0.05) is 13.0 Å². The van der Waals surface area contributed by atoms with Gasteiger partial charge in [-0.05, 0) is 19.4 Å². The Morgan fingerprint density at radius 2 is 1.77 bits per heavy atom. The third-order valence-corrected chi connectivity index (χ3v) is 2.02. The predicted molar refractivity (Wildman–Crippen MR) is 55.4 cm³/mol. The number of nitrogens with two attached hydrogens (primary N) is 1. The Hall–Kier alpha value is -0.570. The second-order valence-corrected chi connectivity index (χ2v) is 3.26. The molecule has 0 spiro atoms. The molecule has 0 aliphatic heterocycles. The van der Waals surface area contributed by atoms with Crippen molar-refractivity contribution in [1.29, 1.82) is 0 Å². The van der Waals surface area contributed by atoms with Crippen molar-refractivity contribution in [2.45, 2.75) is 45.4 Å². The molecule has 0 aromatic rings. The number of carbonyl (C=O) groups excluding carboxylic acids is 1. The average molecular weight is 186 g/mol.